The maximum absolute atomic E-state index is 5.74. The fraction of sp³-hybridized carbons (Fsp3) is 0.300. The molecule has 0 N–H and O–H groups in total. The normalized spacial score (nSPS) is 11.2. The lowest BCUT2D eigenvalue weighted by molar-refractivity contribution is 0.0803. The van der Waals surface area contributed by atoms with E-state index < -0.39 is 0 Å². The summed E-state index contributed by atoms with van der Waals surface area (Å²) in [6.07, 6.45) is 4.32. The van der Waals surface area contributed by atoms with Crippen molar-refractivity contribution in [1.82, 2.24) is 4.57 Å². The van der Waals surface area contributed by atoms with E-state index in [0.717, 1.165) is 19.4 Å². The molecule has 22 heavy (non-hydrogen) atoms. The molecule has 114 valence electrons. The van der Waals surface area contributed by atoms with E-state index in [1.54, 1.807) is 0 Å². The number of rotatable bonds is 6. The monoisotopic (exact) mass is 293 g/mol. The molecule has 0 unspecified atom stereocenters. The molecule has 0 fully saturated rings. The van der Waals surface area contributed by atoms with Crippen LogP contribution in [0.4, 0.5) is 0 Å². The van der Waals surface area contributed by atoms with E-state index in [0.29, 0.717) is 6.73 Å². The molecule has 3 aromatic rings. The number of ether oxygens (including phenoxy) is 1. The lowest BCUT2D eigenvalue weighted by Crippen LogP contribution is -2.01. The molecule has 3 rings (SSSR count). The zero-order chi connectivity index (χ0) is 15.4. The van der Waals surface area contributed by atoms with Crippen LogP contribution in [-0.4, -0.2) is 11.2 Å². The van der Waals surface area contributed by atoms with Crippen LogP contribution in [0.15, 0.2) is 54.7 Å². The maximum atomic E-state index is 5.74. The second-order valence-corrected chi connectivity index (χ2v) is 5.58. The van der Waals surface area contributed by atoms with Crippen LogP contribution in [0.3, 0.4) is 0 Å². The van der Waals surface area contributed by atoms with E-state index in [2.05, 4.69) is 73.1 Å². The van der Waals surface area contributed by atoms with Crippen LogP contribution >= 0.6 is 0 Å². The SMILES string of the molecule is CCCOCn1cc(CC)c2c(-c3ccccc3)cccc21. The molecule has 0 amide bonds. The maximum Gasteiger partial charge on any atom is 0.122 e. The molecule has 2 nitrogen and oxygen atoms in total. The van der Waals surface area contributed by atoms with Crippen LogP contribution in [0.1, 0.15) is 25.8 Å². The first-order chi connectivity index (χ1) is 10.8. The molecule has 0 aliphatic rings. The van der Waals surface area contributed by atoms with E-state index >= 15 is 0 Å². The van der Waals surface area contributed by atoms with Crippen LogP contribution < -0.4 is 0 Å². The van der Waals surface area contributed by atoms with Gasteiger partial charge in [0.25, 0.3) is 0 Å². The minimum Gasteiger partial charge on any atom is -0.361 e. The van der Waals surface area contributed by atoms with Crippen molar-refractivity contribution in [2.24, 2.45) is 0 Å². The molecular weight excluding hydrogens is 270 g/mol. The summed E-state index contributed by atoms with van der Waals surface area (Å²) in [5.74, 6) is 0. The Morgan fingerprint density at radius 1 is 0.955 bits per heavy atom. The fourth-order valence-electron chi connectivity index (χ4n) is 2.98. The van der Waals surface area contributed by atoms with Gasteiger partial charge in [0.1, 0.15) is 6.73 Å². The molecule has 0 radical (unpaired) electrons. The summed E-state index contributed by atoms with van der Waals surface area (Å²) < 4.78 is 7.98. The quantitative estimate of drug-likeness (QED) is 0.566. The summed E-state index contributed by atoms with van der Waals surface area (Å²) in [5.41, 5.74) is 5.23. The Balaban J connectivity index is 2.11. The highest BCUT2D eigenvalue weighted by molar-refractivity contribution is 5.98. The molecule has 2 aromatic carbocycles. The molecule has 0 aliphatic heterocycles. The van der Waals surface area contributed by atoms with Gasteiger partial charge in [-0.2, -0.15) is 0 Å². The van der Waals surface area contributed by atoms with Crippen molar-refractivity contribution in [3.8, 4) is 11.1 Å². The smallest absolute Gasteiger partial charge is 0.122 e. The van der Waals surface area contributed by atoms with Crippen LogP contribution in [-0.2, 0) is 17.9 Å². The molecule has 1 heterocycles. The van der Waals surface area contributed by atoms with Gasteiger partial charge in [-0.1, -0.05) is 56.3 Å². The van der Waals surface area contributed by atoms with Gasteiger partial charge in [0, 0.05) is 18.2 Å². The zero-order valence-electron chi connectivity index (χ0n) is 13.4. The summed E-state index contributed by atoms with van der Waals surface area (Å²) in [7, 11) is 0. The van der Waals surface area contributed by atoms with Crippen LogP contribution in [0.5, 0.6) is 0 Å². The predicted molar refractivity (Wildman–Crippen MR) is 93.0 cm³/mol. The van der Waals surface area contributed by atoms with E-state index in [4.69, 9.17) is 4.74 Å². The first-order valence-corrected chi connectivity index (χ1v) is 8.09. The van der Waals surface area contributed by atoms with Crippen LogP contribution in [0, 0.1) is 0 Å². The van der Waals surface area contributed by atoms with Gasteiger partial charge < -0.3 is 9.30 Å². The van der Waals surface area contributed by atoms with Crippen molar-refractivity contribution < 1.29 is 4.74 Å². The first kappa shape index (κ1) is 14.9. The van der Waals surface area contributed by atoms with Gasteiger partial charge in [-0.3, -0.25) is 0 Å². The van der Waals surface area contributed by atoms with Gasteiger partial charge in [-0.05, 0) is 35.6 Å². The minimum absolute atomic E-state index is 0.628. The van der Waals surface area contributed by atoms with Crippen molar-refractivity contribution >= 4 is 10.9 Å². The average molecular weight is 293 g/mol. The Morgan fingerprint density at radius 2 is 1.77 bits per heavy atom. The highest BCUT2D eigenvalue weighted by Crippen LogP contribution is 2.32. The summed E-state index contributed by atoms with van der Waals surface area (Å²) in [4.78, 5) is 0. The molecule has 0 saturated heterocycles. The number of nitrogens with zero attached hydrogens (tertiary/aromatic N) is 1. The second kappa shape index (κ2) is 6.80. The summed E-state index contributed by atoms with van der Waals surface area (Å²) in [6, 6.07) is 17.2. The first-order valence-electron chi connectivity index (χ1n) is 8.09. The van der Waals surface area contributed by atoms with Crippen molar-refractivity contribution in [1.29, 1.82) is 0 Å². The molecule has 1 aromatic heterocycles. The fourth-order valence-corrected chi connectivity index (χ4v) is 2.98. The number of fused-ring (bicyclic) bond motifs is 1. The number of hydrogen-bond acceptors (Lipinski definition) is 1. The van der Waals surface area contributed by atoms with Gasteiger partial charge in [-0.25, -0.2) is 0 Å². The van der Waals surface area contributed by atoms with Gasteiger partial charge >= 0.3 is 0 Å². The van der Waals surface area contributed by atoms with Gasteiger partial charge in [0.2, 0.25) is 0 Å². The highest BCUT2D eigenvalue weighted by Gasteiger charge is 2.12. The molecule has 0 spiro atoms. The molecular formula is C20H23NO. The van der Waals surface area contributed by atoms with Crippen LogP contribution in [0.25, 0.3) is 22.0 Å². The molecule has 0 saturated carbocycles. The van der Waals surface area contributed by atoms with Gasteiger partial charge in [0.05, 0.1) is 5.52 Å². The number of aromatic nitrogens is 1. The molecule has 2 heteroatoms. The Kier molecular flexibility index (Phi) is 4.59. The number of benzene rings is 2. The minimum atomic E-state index is 0.628. The summed E-state index contributed by atoms with van der Waals surface area (Å²) in [5, 5.41) is 1.36. The standard InChI is InChI=1S/C20H23NO/c1-3-13-22-15-21-14-16(4-2)20-18(11-8-12-19(20)21)17-9-6-5-7-10-17/h5-12,14H,3-4,13,15H2,1-2H3. The van der Waals surface area contributed by atoms with Crippen molar-refractivity contribution in [3.05, 3.63) is 60.3 Å². The summed E-state index contributed by atoms with van der Waals surface area (Å²) >= 11 is 0. The Labute approximate surface area is 132 Å². The van der Waals surface area contributed by atoms with E-state index in [1.165, 1.54) is 27.6 Å². The summed E-state index contributed by atoms with van der Waals surface area (Å²) in [6.45, 7) is 5.79. The van der Waals surface area contributed by atoms with E-state index in [-0.39, 0.29) is 0 Å². The molecule has 0 aliphatic carbocycles. The zero-order valence-corrected chi connectivity index (χ0v) is 13.4. The Morgan fingerprint density at radius 3 is 2.50 bits per heavy atom. The number of hydrogen-bond donors (Lipinski definition) is 0. The third kappa shape index (κ3) is 2.79. The lowest BCUT2D eigenvalue weighted by Gasteiger charge is -2.08. The third-order valence-electron chi connectivity index (χ3n) is 4.03. The average Bonchev–Trinajstić information content (AvgIpc) is 2.94. The van der Waals surface area contributed by atoms with Gasteiger partial charge in [0.15, 0.2) is 0 Å². The van der Waals surface area contributed by atoms with Crippen molar-refractivity contribution in [2.75, 3.05) is 6.61 Å². The molecule has 0 atom stereocenters. The van der Waals surface area contributed by atoms with Crippen LogP contribution in [0.2, 0.25) is 0 Å². The molecule has 0 bridgehead atoms. The largest absolute Gasteiger partial charge is 0.361 e. The van der Waals surface area contributed by atoms with Crippen molar-refractivity contribution in [3.63, 3.8) is 0 Å². The van der Waals surface area contributed by atoms with E-state index in [1.807, 2.05) is 0 Å². The number of aryl methyl sites for hydroxylation is 1. The third-order valence-corrected chi connectivity index (χ3v) is 4.03. The van der Waals surface area contributed by atoms with Crippen molar-refractivity contribution in [2.45, 2.75) is 33.4 Å². The Bertz CT molecular complexity index is 743. The lowest BCUT2D eigenvalue weighted by atomic mass is 9.98. The Hall–Kier alpha value is -2.06. The second-order valence-electron chi connectivity index (χ2n) is 5.58. The van der Waals surface area contributed by atoms with Gasteiger partial charge in [-0.15, -0.1) is 0 Å². The van der Waals surface area contributed by atoms with E-state index in [9.17, 15) is 0 Å². The topological polar surface area (TPSA) is 14.2 Å². The highest BCUT2D eigenvalue weighted by atomic mass is 16.5. The predicted octanol–water partition coefficient (Wildman–Crippen LogP) is 5.25.